The molecule has 2 heterocycles. The second-order valence-electron chi connectivity index (χ2n) is 8.35. The van der Waals surface area contributed by atoms with Gasteiger partial charge in [-0.15, -0.1) is 0 Å². The third-order valence-corrected chi connectivity index (χ3v) is 5.97. The SMILES string of the molecule is CC1(O)CC(c2nc(-c3ccc(-c4ccccc4C=O)cc3F)c3c(N)nccn23)C1. The van der Waals surface area contributed by atoms with Crippen molar-refractivity contribution in [2.45, 2.75) is 31.3 Å². The van der Waals surface area contributed by atoms with Gasteiger partial charge in [0.15, 0.2) is 6.29 Å². The number of fused-ring (bicyclic) bond motifs is 1. The van der Waals surface area contributed by atoms with Crippen LogP contribution < -0.4 is 5.73 Å². The van der Waals surface area contributed by atoms with Gasteiger partial charge in [0.1, 0.15) is 28.7 Å². The lowest BCUT2D eigenvalue weighted by molar-refractivity contribution is -0.0335. The zero-order chi connectivity index (χ0) is 21.8. The molecule has 4 aromatic rings. The first-order valence-electron chi connectivity index (χ1n) is 10.1. The molecule has 1 aliphatic carbocycles. The molecule has 0 spiro atoms. The molecule has 1 aliphatic rings. The zero-order valence-electron chi connectivity index (χ0n) is 16.9. The predicted molar refractivity (Wildman–Crippen MR) is 116 cm³/mol. The summed E-state index contributed by atoms with van der Waals surface area (Å²) in [5.41, 5.74) is 8.47. The smallest absolute Gasteiger partial charge is 0.150 e. The van der Waals surface area contributed by atoms with Gasteiger partial charge in [-0.2, -0.15) is 0 Å². The molecular formula is C24H21FN4O2. The molecule has 3 N–H and O–H groups in total. The average Bonchev–Trinajstić information content (AvgIpc) is 3.12. The highest BCUT2D eigenvalue weighted by Crippen LogP contribution is 2.45. The second kappa shape index (κ2) is 6.99. The van der Waals surface area contributed by atoms with Crippen LogP contribution in [0, 0.1) is 5.82 Å². The number of aromatic nitrogens is 3. The fraction of sp³-hybridized carbons (Fsp3) is 0.208. The van der Waals surface area contributed by atoms with E-state index in [9.17, 15) is 9.90 Å². The van der Waals surface area contributed by atoms with E-state index < -0.39 is 11.4 Å². The third kappa shape index (κ3) is 3.18. The molecule has 2 aromatic carbocycles. The summed E-state index contributed by atoms with van der Waals surface area (Å²) in [6, 6.07) is 11.9. The molecule has 6 nitrogen and oxygen atoms in total. The van der Waals surface area contributed by atoms with E-state index in [0.29, 0.717) is 46.3 Å². The number of anilines is 1. The van der Waals surface area contributed by atoms with Crippen LogP contribution in [0.2, 0.25) is 0 Å². The van der Waals surface area contributed by atoms with E-state index in [1.807, 2.05) is 10.5 Å². The number of aliphatic hydroxyl groups is 1. The van der Waals surface area contributed by atoms with Crippen LogP contribution in [0.3, 0.4) is 0 Å². The van der Waals surface area contributed by atoms with Crippen LogP contribution in [0.25, 0.3) is 27.9 Å². The van der Waals surface area contributed by atoms with Crippen LogP contribution in [0.4, 0.5) is 10.2 Å². The number of carbonyl (C=O) groups excluding carboxylic acids is 1. The van der Waals surface area contributed by atoms with E-state index in [0.717, 1.165) is 12.1 Å². The van der Waals surface area contributed by atoms with Gasteiger partial charge in [-0.05, 0) is 43.0 Å². The van der Waals surface area contributed by atoms with E-state index in [1.165, 1.54) is 6.07 Å². The number of nitrogen functional groups attached to an aromatic ring is 1. The van der Waals surface area contributed by atoms with Gasteiger partial charge in [0, 0.05) is 29.4 Å². The summed E-state index contributed by atoms with van der Waals surface area (Å²) < 4.78 is 17.1. The molecule has 0 bridgehead atoms. The zero-order valence-corrected chi connectivity index (χ0v) is 16.9. The van der Waals surface area contributed by atoms with Gasteiger partial charge in [0.05, 0.1) is 5.60 Å². The summed E-state index contributed by atoms with van der Waals surface area (Å²) in [5, 5.41) is 10.2. The molecule has 0 aliphatic heterocycles. The van der Waals surface area contributed by atoms with Gasteiger partial charge in [0.2, 0.25) is 0 Å². The molecule has 31 heavy (non-hydrogen) atoms. The van der Waals surface area contributed by atoms with Crippen LogP contribution >= 0.6 is 0 Å². The molecule has 5 rings (SSSR count). The van der Waals surface area contributed by atoms with Gasteiger partial charge < -0.3 is 10.8 Å². The molecule has 0 unspecified atom stereocenters. The molecule has 156 valence electrons. The number of aldehydes is 1. The monoisotopic (exact) mass is 416 g/mol. The topological polar surface area (TPSA) is 93.5 Å². The minimum absolute atomic E-state index is 0.0554. The van der Waals surface area contributed by atoms with Gasteiger partial charge in [-0.3, -0.25) is 9.20 Å². The van der Waals surface area contributed by atoms with Crippen molar-refractivity contribution in [1.82, 2.24) is 14.4 Å². The van der Waals surface area contributed by atoms with Gasteiger partial charge in [-0.25, -0.2) is 14.4 Å². The number of carbonyl (C=O) groups is 1. The minimum Gasteiger partial charge on any atom is -0.390 e. The maximum atomic E-state index is 15.3. The van der Waals surface area contributed by atoms with Crippen LogP contribution in [-0.2, 0) is 0 Å². The summed E-state index contributed by atoms with van der Waals surface area (Å²) in [7, 11) is 0. The van der Waals surface area contributed by atoms with E-state index >= 15 is 4.39 Å². The van der Waals surface area contributed by atoms with Crippen molar-refractivity contribution in [3.8, 4) is 22.4 Å². The summed E-state index contributed by atoms with van der Waals surface area (Å²) >= 11 is 0. The lowest BCUT2D eigenvalue weighted by atomic mass is 9.72. The maximum absolute atomic E-state index is 15.3. The van der Waals surface area contributed by atoms with E-state index in [1.54, 1.807) is 49.6 Å². The molecular weight excluding hydrogens is 395 g/mol. The predicted octanol–water partition coefficient (Wildman–Crippen LogP) is 4.23. The Hall–Kier alpha value is -3.58. The Labute approximate surface area is 178 Å². The first-order chi connectivity index (χ1) is 14.9. The second-order valence-corrected chi connectivity index (χ2v) is 8.35. The number of hydrogen-bond acceptors (Lipinski definition) is 5. The fourth-order valence-electron chi connectivity index (χ4n) is 4.48. The highest BCUT2D eigenvalue weighted by atomic mass is 19.1. The highest BCUT2D eigenvalue weighted by Gasteiger charge is 2.41. The number of rotatable bonds is 4. The molecule has 0 atom stereocenters. The van der Waals surface area contributed by atoms with Crippen LogP contribution in [-0.4, -0.2) is 31.4 Å². The normalized spacial score (nSPS) is 20.5. The average molecular weight is 416 g/mol. The van der Waals surface area contributed by atoms with Crippen molar-refractivity contribution < 1.29 is 14.3 Å². The van der Waals surface area contributed by atoms with Crippen molar-refractivity contribution >= 4 is 17.6 Å². The number of hydrogen-bond donors (Lipinski definition) is 2. The molecule has 1 saturated carbocycles. The Morgan fingerprint density at radius 2 is 2.00 bits per heavy atom. The lowest BCUT2D eigenvalue weighted by Crippen LogP contribution is -2.40. The molecule has 0 radical (unpaired) electrons. The molecule has 2 aromatic heterocycles. The fourth-order valence-corrected chi connectivity index (χ4v) is 4.48. The number of imidazole rings is 1. The Kier molecular flexibility index (Phi) is 4.37. The van der Waals surface area contributed by atoms with Crippen molar-refractivity contribution in [3.63, 3.8) is 0 Å². The summed E-state index contributed by atoms with van der Waals surface area (Å²) in [4.78, 5) is 20.3. The quantitative estimate of drug-likeness (QED) is 0.486. The molecule has 0 saturated heterocycles. The van der Waals surface area contributed by atoms with E-state index in [2.05, 4.69) is 4.98 Å². The number of halogens is 1. The van der Waals surface area contributed by atoms with Gasteiger partial charge in [0.25, 0.3) is 0 Å². The van der Waals surface area contributed by atoms with Crippen LogP contribution in [0.5, 0.6) is 0 Å². The molecule has 7 heteroatoms. The van der Waals surface area contributed by atoms with E-state index in [-0.39, 0.29) is 11.7 Å². The van der Waals surface area contributed by atoms with Crippen molar-refractivity contribution in [2.24, 2.45) is 0 Å². The summed E-state index contributed by atoms with van der Waals surface area (Å²) in [5.74, 6) is 0.589. The van der Waals surface area contributed by atoms with Crippen molar-refractivity contribution in [3.05, 3.63) is 72.1 Å². The summed E-state index contributed by atoms with van der Waals surface area (Å²) in [6.45, 7) is 1.80. The van der Waals surface area contributed by atoms with Gasteiger partial charge >= 0.3 is 0 Å². The first-order valence-corrected chi connectivity index (χ1v) is 10.1. The van der Waals surface area contributed by atoms with Crippen LogP contribution in [0.1, 0.15) is 41.9 Å². The summed E-state index contributed by atoms with van der Waals surface area (Å²) in [6.07, 6.45) is 5.27. The van der Waals surface area contributed by atoms with Crippen LogP contribution in [0.15, 0.2) is 54.9 Å². The highest BCUT2D eigenvalue weighted by molar-refractivity contribution is 5.89. The third-order valence-electron chi connectivity index (χ3n) is 5.97. The molecule has 0 amide bonds. The Morgan fingerprint density at radius 1 is 1.23 bits per heavy atom. The number of nitrogens with two attached hydrogens (primary N) is 1. The van der Waals surface area contributed by atoms with Crippen molar-refractivity contribution in [1.29, 1.82) is 0 Å². The Morgan fingerprint density at radius 3 is 2.71 bits per heavy atom. The molecule has 1 fully saturated rings. The largest absolute Gasteiger partial charge is 0.390 e. The van der Waals surface area contributed by atoms with Gasteiger partial charge in [-0.1, -0.05) is 30.3 Å². The van der Waals surface area contributed by atoms with Crippen molar-refractivity contribution in [2.75, 3.05) is 5.73 Å². The number of benzene rings is 2. The minimum atomic E-state index is -0.714. The Balaban J connectivity index is 1.64. The Bertz CT molecular complexity index is 1320. The lowest BCUT2D eigenvalue weighted by Gasteiger charge is -2.40. The first kappa shape index (κ1) is 19.4. The standard InChI is InChI=1S/C24H21FN4O2/c1-24(31)11-16(12-24)23-28-20(21-22(26)27-8-9-29(21)23)18-7-6-14(10-19(18)25)17-5-3-2-4-15(17)13-30/h2-10,13,16,31H,11-12H2,1H3,(H2,26,27). The van der Waals surface area contributed by atoms with E-state index in [4.69, 9.17) is 10.7 Å². The number of nitrogens with zero attached hydrogens (tertiary/aromatic N) is 3. The maximum Gasteiger partial charge on any atom is 0.150 e.